The van der Waals surface area contributed by atoms with Crippen molar-refractivity contribution in [2.45, 2.75) is 19.4 Å². The monoisotopic (exact) mass is 350 g/mol. The smallest absolute Gasteiger partial charge is 0.240 e. The molecule has 0 saturated carbocycles. The summed E-state index contributed by atoms with van der Waals surface area (Å²) in [6.07, 6.45) is 4.63. The van der Waals surface area contributed by atoms with Gasteiger partial charge in [0.2, 0.25) is 5.91 Å². The minimum Gasteiger partial charge on any atom is -0.497 e. The fourth-order valence-corrected chi connectivity index (χ4v) is 2.92. The van der Waals surface area contributed by atoms with Crippen molar-refractivity contribution < 1.29 is 14.3 Å². The summed E-state index contributed by atoms with van der Waals surface area (Å²) in [6.45, 7) is 1.54. The Kier molecular flexibility index (Phi) is 5.37. The Bertz CT molecular complexity index is 823. The molecule has 1 atom stereocenters. The quantitative estimate of drug-likeness (QED) is 0.817. The molecule has 0 radical (unpaired) electrons. The van der Waals surface area contributed by atoms with E-state index in [2.05, 4.69) is 5.10 Å². The maximum Gasteiger partial charge on any atom is 0.240 e. The fourth-order valence-electron chi connectivity index (χ4n) is 2.92. The number of methoxy groups -OCH3 is 2. The lowest BCUT2D eigenvalue weighted by Gasteiger charge is -2.20. The van der Waals surface area contributed by atoms with Crippen LogP contribution in [0.4, 0.5) is 0 Å². The molecule has 0 aliphatic carbocycles. The third-order valence-corrected chi connectivity index (χ3v) is 4.34. The summed E-state index contributed by atoms with van der Waals surface area (Å²) in [5.74, 6) is 1.54. The second-order valence-electron chi connectivity index (χ2n) is 6.05. The van der Waals surface area contributed by atoms with Gasteiger partial charge in [-0.3, -0.25) is 4.79 Å². The van der Waals surface area contributed by atoms with Crippen LogP contribution in [-0.2, 0) is 4.79 Å². The molecule has 5 nitrogen and oxygen atoms in total. The van der Waals surface area contributed by atoms with Crippen LogP contribution in [0.1, 0.15) is 30.5 Å². The van der Waals surface area contributed by atoms with E-state index < -0.39 is 0 Å². The minimum absolute atomic E-state index is 0.0707. The number of carbonyl (C=O) groups excluding carboxylic acids is 1. The molecule has 1 aliphatic rings. The van der Waals surface area contributed by atoms with Crippen LogP contribution < -0.4 is 9.47 Å². The predicted octanol–water partition coefficient (Wildman–Crippen LogP) is 4.07. The van der Waals surface area contributed by atoms with Crippen LogP contribution in [0.3, 0.4) is 0 Å². The second-order valence-corrected chi connectivity index (χ2v) is 6.05. The van der Waals surface area contributed by atoms with Crippen LogP contribution >= 0.6 is 0 Å². The van der Waals surface area contributed by atoms with Crippen molar-refractivity contribution in [1.82, 2.24) is 5.01 Å². The summed E-state index contributed by atoms with van der Waals surface area (Å²) < 4.78 is 10.4. The highest BCUT2D eigenvalue weighted by molar-refractivity contribution is 6.00. The fraction of sp³-hybridized carbons (Fsp3) is 0.238. The molecule has 1 heterocycles. The molecule has 0 spiro atoms. The van der Waals surface area contributed by atoms with Crippen molar-refractivity contribution in [3.05, 3.63) is 65.7 Å². The molecule has 26 heavy (non-hydrogen) atoms. The Morgan fingerprint density at radius 3 is 2.12 bits per heavy atom. The first-order chi connectivity index (χ1) is 12.6. The van der Waals surface area contributed by atoms with E-state index in [1.807, 2.05) is 60.7 Å². The molecule has 1 unspecified atom stereocenters. The van der Waals surface area contributed by atoms with E-state index in [-0.39, 0.29) is 11.9 Å². The number of allylic oxidation sites excluding steroid dienone is 1. The average molecular weight is 350 g/mol. The van der Waals surface area contributed by atoms with Crippen LogP contribution in [-0.4, -0.2) is 30.8 Å². The Morgan fingerprint density at radius 1 is 1.00 bits per heavy atom. The number of hydrogen-bond acceptors (Lipinski definition) is 4. The summed E-state index contributed by atoms with van der Waals surface area (Å²) in [4.78, 5) is 12.0. The molecule has 0 aromatic heterocycles. The molecule has 0 bridgehead atoms. The zero-order valence-electron chi connectivity index (χ0n) is 15.2. The van der Waals surface area contributed by atoms with E-state index >= 15 is 0 Å². The Morgan fingerprint density at radius 2 is 1.58 bits per heavy atom. The Labute approximate surface area is 153 Å². The van der Waals surface area contributed by atoms with Crippen LogP contribution in [0.25, 0.3) is 6.08 Å². The van der Waals surface area contributed by atoms with Gasteiger partial charge in [-0.1, -0.05) is 30.3 Å². The highest BCUT2D eigenvalue weighted by atomic mass is 16.5. The molecular weight excluding hydrogens is 328 g/mol. The van der Waals surface area contributed by atoms with Crippen molar-refractivity contribution in [2.24, 2.45) is 5.10 Å². The molecule has 2 aromatic carbocycles. The number of hydrazone groups is 1. The molecule has 1 amide bonds. The maximum atomic E-state index is 12.0. The van der Waals surface area contributed by atoms with E-state index in [1.54, 1.807) is 19.2 Å². The van der Waals surface area contributed by atoms with Crippen molar-refractivity contribution in [3.8, 4) is 11.5 Å². The van der Waals surface area contributed by atoms with Gasteiger partial charge >= 0.3 is 0 Å². The molecule has 2 aromatic rings. The number of amides is 1. The number of hydrogen-bond donors (Lipinski definition) is 0. The first-order valence-electron chi connectivity index (χ1n) is 8.44. The number of rotatable bonds is 5. The summed E-state index contributed by atoms with van der Waals surface area (Å²) >= 11 is 0. The van der Waals surface area contributed by atoms with Gasteiger partial charge in [0.05, 0.1) is 26.0 Å². The predicted molar refractivity (Wildman–Crippen MR) is 102 cm³/mol. The SMILES string of the molecule is COc1ccc(/C=C/C2=NN(C(C)=O)C(c3ccc(OC)cc3)C2)cc1. The van der Waals surface area contributed by atoms with Gasteiger partial charge in [0.15, 0.2) is 0 Å². The molecule has 134 valence electrons. The van der Waals surface area contributed by atoms with Gasteiger partial charge in [0.25, 0.3) is 0 Å². The topological polar surface area (TPSA) is 51.1 Å². The van der Waals surface area contributed by atoms with Gasteiger partial charge in [-0.15, -0.1) is 0 Å². The Balaban J connectivity index is 1.76. The van der Waals surface area contributed by atoms with Gasteiger partial charge in [0, 0.05) is 13.3 Å². The minimum atomic E-state index is -0.0890. The second kappa shape index (κ2) is 7.87. The number of benzene rings is 2. The van der Waals surface area contributed by atoms with Gasteiger partial charge in [-0.2, -0.15) is 5.10 Å². The molecule has 5 heteroatoms. The molecular formula is C21H22N2O3. The van der Waals surface area contributed by atoms with Crippen LogP contribution in [0.2, 0.25) is 0 Å². The molecule has 0 fully saturated rings. The third kappa shape index (κ3) is 3.94. The van der Waals surface area contributed by atoms with Crippen molar-refractivity contribution in [3.63, 3.8) is 0 Å². The standard InChI is InChI=1S/C21H22N2O3/c1-15(24)23-21(17-7-12-20(26-3)13-8-17)14-18(22-23)9-4-16-5-10-19(25-2)11-6-16/h4-13,21H,14H2,1-3H3/b9-4+. The van der Waals surface area contributed by atoms with Crippen molar-refractivity contribution in [2.75, 3.05) is 14.2 Å². The molecule has 1 aliphatic heterocycles. The summed E-state index contributed by atoms with van der Waals surface area (Å²) in [5, 5.41) is 6.05. The maximum absolute atomic E-state index is 12.0. The van der Waals surface area contributed by atoms with Crippen molar-refractivity contribution in [1.29, 1.82) is 0 Å². The molecule has 0 saturated heterocycles. The van der Waals surface area contributed by atoms with E-state index in [0.717, 1.165) is 28.3 Å². The zero-order valence-corrected chi connectivity index (χ0v) is 15.2. The van der Waals surface area contributed by atoms with E-state index in [4.69, 9.17) is 9.47 Å². The van der Waals surface area contributed by atoms with Gasteiger partial charge in [-0.05, 0) is 41.5 Å². The lowest BCUT2D eigenvalue weighted by atomic mass is 10.0. The number of ether oxygens (including phenoxy) is 2. The molecule has 3 rings (SSSR count). The highest BCUT2D eigenvalue weighted by Crippen LogP contribution is 2.32. The van der Waals surface area contributed by atoms with Gasteiger partial charge < -0.3 is 9.47 Å². The Hall–Kier alpha value is -3.08. The first kappa shape index (κ1) is 17.7. The summed E-state index contributed by atoms with van der Waals surface area (Å²) in [5.41, 5.74) is 2.96. The lowest BCUT2D eigenvalue weighted by molar-refractivity contribution is -0.130. The lowest BCUT2D eigenvalue weighted by Crippen LogP contribution is -2.24. The van der Waals surface area contributed by atoms with E-state index in [1.165, 1.54) is 6.92 Å². The van der Waals surface area contributed by atoms with Crippen LogP contribution in [0, 0.1) is 0 Å². The van der Waals surface area contributed by atoms with Gasteiger partial charge in [0.1, 0.15) is 11.5 Å². The van der Waals surface area contributed by atoms with E-state index in [9.17, 15) is 4.79 Å². The van der Waals surface area contributed by atoms with Gasteiger partial charge in [-0.25, -0.2) is 5.01 Å². The number of nitrogens with zero attached hydrogens (tertiary/aromatic N) is 2. The normalized spacial score (nSPS) is 16.7. The first-order valence-corrected chi connectivity index (χ1v) is 8.44. The average Bonchev–Trinajstić information content (AvgIpc) is 3.11. The van der Waals surface area contributed by atoms with Crippen LogP contribution in [0.15, 0.2) is 59.7 Å². The third-order valence-electron chi connectivity index (χ3n) is 4.34. The van der Waals surface area contributed by atoms with Crippen LogP contribution in [0.5, 0.6) is 11.5 Å². The highest BCUT2D eigenvalue weighted by Gasteiger charge is 2.29. The molecule has 0 N–H and O–H groups in total. The van der Waals surface area contributed by atoms with Crippen molar-refractivity contribution >= 4 is 17.7 Å². The number of carbonyl (C=O) groups is 1. The largest absolute Gasteiger partial charge is 0.497 e. The van der Waals surface area contributed by atoms with E-state index in [0.29, 0.717) is 6.42 Å². The zero-order chi connectivity index (χ0) is 18.5. The summed E-state index contributed by atoms with van der Waals surface area (Å²) in [6, 6.07) is 15.5. The summed E-state index contributed by atoms with van der Waals surface area (Å²) in [7, 11) is 3.28.